The van der Waals surface area contributed by atoms with Gasteiger partial charge in [0.15, 0.2) is 5.78 Å². The molecule has 2 aliphatic rings. The third-order valence-electron chi connectivity index (χ3n) is 6.62. The van der Waals surface area contributed by atoms with Gasteiger partial charge in [0.05, 0.1) is 11.7 Å². The third kappa shape index (κ3) is 4.69. The van der Waals surface area contributed by atoms with Crippen molar-refractivity contribution in [2.45, 2.75) is 43.4 Å². The van der Waals surface area contributed by atoms with Crippen LogP contribution >= 0.6 is 11.3 Å². The van der Waals surface area contributed by atoms with Crippen LogP contribution < -0.4 is 10.6 Å². The lowest BCUT2D eigenvalue weighted by Crippen LogP contribution is -2.60. The fourth-order valence-corrected chi connectivity index (χ4v) is 5.56. The molecule has 1 aliphatic carbocycles. The minimum absolute atomic E-state index is 0.0181. The number of carbonyl (C=O) groups is 3. The first kappa shape index (κ1) is 23.2. The normalized spacial score (nSPS) is 21.9. The molecular formula is C26H25N3O5S. The molecule has 2 aromatic heterocycles. The molecule has 3 heterocycles. The number of aromatic hydroxyl groups is 1. The van der Waals surface area contributed by atoms with Gasteiger partial charge in [-0.2, -0.15) is 0 Å². The lowest BCUT2D eigenvalue weighted by atomic mass is 9.91. The minimum atomic E-state index is -1.04. The first-order valence-corrected chi connectivity index (χ1v) is 12.4. The number of ketones is 1. The SMILES string of the molecule is O=C(NC(Cc1cccc(O)c1)C(=O)NC12CCCC1OCC2=O)c1cncc(-c2cccs2)c1. The first-order chi connectivity index (χ1) is 16.9. The summed E-state index contributed by atoms with van der Waals surface area (Å²) in [6, 6.07) is 11.2. The average molecular weight is 492 g/mol. The highest BCUT2D eigenvalue weighted by molar-refractivity contribution is 7.13. The lowest BCUT2D eigenvalue weighted by molar-refractivity contribution is -0.131. The molecule has 0 spiro atoms. The van der Waals surface area contributed by atoms with E-state index < -0.39 is 23.4 Å². The quantitative estimate of drug-likeness (QED) is 0.468. The van der Waals surface area contributed by atoms with Gasteiger partial charge in [-0.05, 0) is 54.5 Å². The average Bonchev–Trinajstić information content (AvgIpc) is 3.58. The lowest BCUT2D eigenvalue weighted by Gasteiger charge is -2.30. The fourth-order valence-electron chi connectivity index (χ4n) is 4.85. The number of hydrogen-bond donors (Lipinski definition) is 3. The Morgan fingerprint density at radius 2 is 2.11 bits per heavy atom. The van der Waals surface area contributed by atoms with Crippen molar-refractivity contribution in [3.8, 4) is 16.2 Å². The van der Waals surface area contributed by atoms with Crippen molar-refractivity contribution in [3.05, 3.63) is 71.4 Å². The molecule has 3 unspecified atom stereocenters. The molecule has 2 amide bonds. The largest absolute Gasteiger partial charge is 0.508 e. The molecule has 35 heavy (non-hydrogen) atoms. The van der Waals surface area contributed by atoms with Crippen LogP contribution in [-0.4, -0.2) is 52.0 Å². The van der Waals surface area contributed by atoms with Crippen molar-refractivity contribution in [1.29, 1.82) is 0 Å². The highest BCUT2D eigenvalue weighted by Gasteiger charge is 2.55. The van der Waals surface area contributed by atoms with Crippen LogP contribution in [0.15, 0.2) is 60.2 Å². The second-order valence-electron chi connectivity index (χ2n) is 8.92. The number of nitrogens with zero attached hydrogens (tertiary/aromatic N) is 1. The number of pyridine rings is 1. The number of nitrogens with one attached hydrogen (secondary N) is 2. The van der Waals surface area contributed by atoms with Crippen molar-refractivity contribution in [2.24, 2.45) is 0 Å². The molecule has 1 aliphatic heterocycles. The van der Waals surface area contributed by atoms with Gasteiger partial charge in [0.25, 0.3) is 5.91 Å². The Morgan fingerprint density at radius 3 is 2.91 bits per heavy atom. The number of rotatable bonds is 7. The molecule has 1 saturated carbocycles. The van der Waals surface area contributed by atoms with Crippen molar-refractivity contribution in [1.82, 2.24) is 15.6 Å². The molecule has 3 N–H and O–H groups in total. The van der Waals surface area contributed by atoms with Crippen LogP contribution in [0.4, 0.5) is 0 Å². The van der Waals surface area contributed by atoms with Gasteiger partial charge >= 0.3 is 0 Å². The van der Waals surface area contributed by atoms with Gasteiger partial charge in [0.2, 0.25) is 5.91 Å². The molecule has 3 aromatic rings. The first-order valence-electron chi connectivity index (χ1n) is 11.5. The number of carbonyl (C=O) groups excluding carboxylic acids is 3. The molecule has 180 valence electrons. The van der Waals surface area contributed by atoms with Crippen LogP contribution in [0.2, 0.25) is 0 Å². The molecule has 0 bridgehead atoms. The van der Waals surface area contributed by atoms with Gasteiger partial charge in [0.1, 0.15) is 23.9 Å². The van der Waals surface area contributed by atoms with E-state index in [2.05, 4.69) is 15.6 Å². The summed E-state index contributed by atoms with van der Waals surface area (Å²) >= 11 is 1.54. The summed E-state index contributed by atoms with van der Waals surface area (Å²) < 4.78 is 5.61. The molecule has 1 saturated heterocycles. The van der Waals surface area contributed by atoms with Crippen molar-refractivity contribution in [2.75, 3.05) is 6.61 Å². The van der Waals surface area contributed by atoms with E-state index in [4.69, 9.17) is 4.74 Å². The van der Waals surface area contributed by atoms with Crippen molar-refractivity contribution >= 4 is 28.9 Å². The Balaban J connectivity index is 1.39. The maximum Gasteiger partial charge on any atom is 0.253 e. The molecule has 8 nitrogen and oxygen atoms in total. The number of benzene rings is 1. The molecule has 3 atom stereocenters. The van der Waals surface area contributed by atoms with Crippen molar-refractivity contribution in [3.63, 3.8) is 0 Å². The number of fused-ring (bicyclic) bond motifs is 1. The summed E-state index contributed by atoms with van der Waals surface area (Å²) in [5.41, 5.74) is 0.759. The summed E-state index contributed by atoms with van der Waals surface area (Å²) in [4.78, 5) is 44.5. The molecule has 5 rings (SSSR count). The number of aromatic nitrogens is 1. The summed E-state index contributed by atoms with van der Waals surface area (Å²) in [6.07, 6.45) is 4.93. The number of phenolic OH excluding ortho intramolecular Hbond substituents is 1. The number of thiophene rings is 1. The van der Waals surface area contributed by atoms with E-state index in [0.29, 0.717) is 24.0 Å². The van der Waals surface area contributed by atoms with Crippen LogP contribution in [0.5, 0.6) is 5.75 Å². The fraction of sp³-hybridized carbons (Fsp3) is 0.308. The van der Waals surface area contributed by atoms with E-state index in [1.54, 1.807) is 41.8 Å². The van der Waals surface area contributed by atoms with Gasteiger partial charge in [-0.3, -0.25) is 19.4 Å². The topological polar surface area (TPSA) is 118 Å². The van der Waals surface area contributed by atoms with E-state index in [9.17, 15) is 19.5 Å². The van der Waals surface area contributed by atoms with Crippen LogP contribution in [0.3, 0.4) is 0 Å². The van der Waals surface area contributed by atoms with E-state index in [1.165, 1.54) is 12.3 Å². The molecule has 2 fully saturated rings. The number of amides is 2. The van der Waals surface area contributed by atoms with E-state index >= 15 is 0 Å². The number of hydrogen-bond acceptors (Lipinski definition) is 7. The maximum absolute atomic E-state index is 13.5. The zero-order valence-corrected chi connectivity index (χ0v) is 19.7. The zero-order valence-electron chi connectivity index (χ0n) is 18.9. The maximum atomic E-state index is 13.5. The monoisotopic (exact) mass is 491 g/mol. The molecule has 0 radical (unpaired) electrons. The Morgan fingerprint density at radius 1 is 1.23 bits per heavy atom. The Bertz CT molecular complexity index is 1260. The molecular weight excluding hydrogens is 466 g/mol. The second kappa shape index (κ2) is 9.59. The summed E-state index contributed by atoms with van der Waals surface area (Å²) in [6.45, 7) is -0.0181. The van der Waals surface area contributed by atoms with Gasteiger partial charge in [-0.1, -0.05) is 18.2 Å². The third-order valence-corrected chi connectivity index (χ3v) is 7.54. The Kier molecular flexibility index (Phi) is 6.36. The van der Waals surface area contributed by atoms with Crippen LogP contribution in [0, 0.1) is 0 Å². The Labute approximate surface area is 206 Å². The Hall–Kier alpha value is -3.56. The summed E-state index contributed by atoms with van der Waals surface area (Å²) in [7, 11) is 0. The highest BCUT2D eigenvalue weighted by atomic mass is 32.1. The van der Waals surface area contributed by atoms with Crippen LogP contribution in [0.25, 0.3) is 10.4 Å². The van der Waals surface area contributed by atoms with E-state index in [0.717, 1.165) is 16.9 Å². The minimum Gasteiger partial charge on any atom is -0.508 e. The standard InChI is InChI=1S/C26H25N3O5S/c30-19-5-1-4-16(10-19)11-20(25(33)29-26-8-2-7-23(26)34-15-22(26)31)28-24(32)18-12-17(13-27-14-18)21-6-3-9-35-21/h1,3-6,9-10,12-14,20,23,30H,2,7-8,11,15H2,(H,28,32)(H,29,33). The van der Waals surface area contributed by atoms with Gasteiger partial charge in [-0.25, -0.2) is 0 Å². The van der Waals surface area contributed by atoms with Gasteiger partial charge < -0.3 is 20.5 Å². The summed E-state index contributed by atoms with van der Waals surface area (Å²) in [5.74, 6) is -0.987. The van der Waals surface area contributed by atoms with Gasteiger partial charge in [-0.15, -0.1) is 11.3 Å². The van der Waals surface area contributed by atoms with E-state index in [1.807, 2.05) is 17.5 Å². The zero-order chi connectivity index (χ0) is 24.4. The number of ether oxygens (including phenoxy) is 1. The molecule has 1 aromatic carbocycles. The predicted octanol–water partition coefficient (Wildman–Crippen LogP) is 2.86. The predicted molar refractivity (Wildman–Crippen MR) is 130 cm³/mol. The van der Waals surface area contributed by atoms with Crippen molar-refractivity contribution < 1.29 is 24.2 Å². The number of phenols is 1. The molecule has 9 heteroatoms. The van der Waals surface area contributed by atoms with Gasteiger partial charge in [0, 0.05) is 29.3 Å². The second-order valence-corrected chi connectivity index (χ2v) is 9.86. The highest BCUT2D eigenvalue weighted by Crippen LogP contribution is 2.38. The van der Waals surface area contributed by atoms with E-state index in [-0.39, 0.29) is 30.7 Å². The van der Waals surface area contributed by atoms with Crippen LogP contribution in [-0.2, 0) is 20.7 Å². The summed E-state index contributed by atoms with van der Waals surface area (Å²) in [5, 5.41) is 17.6. The van der Waals surface area contributed by atoms with Crippen LogP contribution in [0.1, 0.15) is 35.2 Å². The smallest absolute Gasteiger partial charge is 0.253 e. The number of Topliss-reactive ketones (excluding diaryl/α,β-unsaturated/α-hetero) is 1.